The van der Waals surface area contributed by atoms with Crippen molar-refractivity contribution in [2.45, 2.75) is 32.1 Å². The molecular formula is C21H26O2. The maximum Gasteiger partial charge on any atom is 0.119 e. The number of hydrogen-bond acceptors (Lipinski definition) is 2. The Labute approximate surface area is 139 Å². The molecule has 23 heavy (non-hydrogen) atoms. The average Bonchev–Trinajstić information content (AvgIpc) is 2.61. The van der Waals surface area contributed by atoms with Gasteiger partial charge in [-0.15, -0.1) is 6.58 Å². The summed E-state index contributed by atoms with van der Waals surface area (Å²) in [5, 5.41) is 0. The molecule has 0 amide bonds. The lowest BCUT2D eigenvalue weighted by Gasteiger charge is -2.08. The summed E-state index contributed by atoms with van der Waals surface area (Å²) in [6.45, 7) is 4.53. The molecule has 0 heterocycles. The summed E-state index contributed by atoms with van der Waals surface area (Å²) in [5.74, 6) is 1.81. The predicted molar refractivity (Wildman–Crippen MR) is 97.2 cm³/mol. The molecule has 0 saturated heterocycles. The summed E-state index contributed by atoms with van der Waals surface area (Å²) in [4.78, 5) is 0. The Bertz CT molecular complexity index is 570. The highest BCUT2D eigenvalue weighted by atomic mass is 16.5. The molecule has 2 aromatic rings. The fourth-order valence-electron chi connectivity index (χ4n) is 2.46. The number of unbranched alkanes of at least 4 members (excludes halogenated alkanes) is 4. The lowest BCUT2D eigenvalue weighted by Crippen LogP contribution is -1.97. The third kappa shape index (κ3) is 5.82. The maximum absolute atomic E-state index is 5.80. The minimum Gasteiger partial charge on any atom is -0.497 e. The minimum absolute atomic E-state index is 0.788. The van der Waals surface area contributed by atoms with E-state index in [0.29, 0.717) is 0 Å². The number of benzene rings is 2. The van der Waals surface area contributed by atoms with Crippen LogP contribution >= 0.6 is 0 Å². The number of methoxy groups -OCH3 is 1. The van der Waals surface area contributed by atoms with E-state index in [9.17, 15) is 0 Å². The quantitative estimate of drug-likeness (QED) is 0.403. The Hall–Kier alpha value is -2.22. The summed E-state index contributed by atoms with van der Waals surface area (Å²) < 4.78 is 11.0. The second-order valence-corrected chi connectivity index (χ2v) is 5.59. The Balaban J connectivity index is 1.76. The van der Waals surface area contributed by atoms with Gasteiger partial charge in [0, 0.05) is 0 Å². The normalized spacial score (nSPS) is 10.3. The SMILES string of the molecule is C=CCCCCCCOc1ccc(-c2ccc(OC)cc2)cc1. The van der Waals surface area contributed by atoms with E-state index < -0.39 is 0 Å². The molecule has 122 valence electrons. The van der Waals surface area contributed by atoms with E-state index in [1.807, 2.05) is 30.3 Å². The molecular weight excluding hydrogens is 284 g/mol. The first-order chi connectivity index (χ1) is 11.3. The third-order valence-corrected chi connectivity index (χ3v) is 3.85. The van der Waals surface area contributed by atoms with Crippen molar-refractivity contribution < 1.29 is 9.47 Å². The minimum atomic E-state index is 0.788. The summed E-state index contributed by atoms with van der Waals surface area (Å²) >= 11 is 0. The van der Waals surface area contributed by atoms with E-state index in [2.05, 4.69) is 30.8 Å². The standard InChI is InChI=1S/C21H26O2/c1-3-4-5-6-7-8-17-23-21-15-11-19(12-16-21)18-9-13-20(22-2)14-10-18/h3,9-16H,1,4-8,17H2,2H3. The molecule has 0 aromatic heterocycles. The summed E-state index contributed by atoms with van der Waals surface area (Å²) in [7, 11) is 1.68. The van der Waals surface area contributed by atoms with Gasteiger partial charge >= 0.3 is 0 Å². The van der Waals surface area contributed by atoms with Crippen molar-refractivity contribution in [3.63, 3.8) is 0 Å². The summed E-state index contributed by atoms with van der Waals surface area (Å²) in [6, 6.07) is 16.4. The Morgan fingerprint density at radius 3 is 1.91 bits per heavy atom. The van der Waals surface area contributed by atoms with E-state index in [0.717, 1.165) is 30.9 Å². The van der Waals surface area contributed by atoms with Crippen LogP contribution in [0.5, 0.6) is 11.5 Å². The van der Waals surface area contributed by atoms with Gasteiger partial charge in [0.15, 0.2) is 0 Å². The van der Waals surface area contributed by atoms with Crippen LogP contribution in [-0.2, 0) is 0 Å². The van der Waals surface area contributed by atoms with Crippen molar-refractivity contribution in [2.75, 3.05) is 13.7 Å². The van der Waals surface area contributed by atoms with Gasteiger partial charge in [0.2, 0.25) is 0 Å². The van der Waals surface area contributed by atoms with Crippen LogP contribution in [-0.4, -0.2) is 13.7 Å². The summed E-state index contributed by atoms with van der Waals surface area (Å²) in [6.07, 6.45) is 7.93. The molecule has 0 fully saturated rings. The first-order valence-corrected chi connectivity index (χ1v) is 8.31. The molecule has 2 rings (SSSR count). The lowest BCUT2D eigenvalue weighted by atomic mass is 10.1. The van der Waals surface area contributed by atoms with Gasteiger partial charge in [0.1, 0.15) is 11.5 Å². The largest absolute Gasteiger partial charge is 0.497 e. The fourth-order valence-corrected chi connectivity index (χ4v) is 2.46. The van der Waals surface area contributed by atoms with E-state index in [1.165, 1.54) is 30.4 Å². The van der Waals surface area contributed by atoms with Gasteiger partial charge in [-0.25, -0.2) is 0 Å². The molecule has 0 N–H and O–H groups in total. The van der Waals surface area contributed by atoms with Gasteiger partial charge < -0.3 is 9.47 Å². The zero-order valence-electron chi connectivity index (χ0n) is 14.0. The number of hydrogen-bond donors (Lipinski definition) is 0. The highest BCUT2D eigenvalue weighted by Gasteiger charge is 2.00. The van der Waals surface area contributed by atoms with Crippen molar-refractivity contribution in [2.24, 2.45) is 0 Å². The van der Waals surface area contributed by atoms with Crippen molar-refractivity contribution in [1.29, 1.82) is 0 Å². The molecule has 2 heteroatoms. The second-order valence-electron chi connectivity index (χ2n) is 5.59. The van der Waals surface area contributed by atoms with Crippen LogP contribution in [0.2, 0.25) is 0 Å². The van der Waals surface area contributed by atoms with Crippen molar-refractivity contribution in [3.05, 3.63) is 61.2 Å². The van der Waals surface area contributed by atoms with Gasteiger partial charge in [0.25, 0.3) is 0 Å². The Kier molecular flexibility index (Phi) is 7.25. The van der Waals surface area contributed by atoms with Crippen LogP contribution in [0, 0.1) is 0 Å². The zero-order chi connectivity index (χ0) is 16.3. The first kappa shape index (κ1) is 17.1. The second kappa shape index (κ2) is 9.73. The van der Waals surface area contributed by atoms with Crippen LogP contribution < -0.4 is 9.47 Å². The van der Waals surface area contributed by atoms with Crippen molar-refractivity contribution in [1.82, 2.24) is 0 Å². The molecule has 0 unspecified atom stereocenters. The molecule has 0 saturated carbocycles. The highest BCUT2D eigenvalue weighted by Crippen LogP contribution is 2.24. The van der Waals surface area contributed by atoms with Crippen LogP contribution in [0.25, 0.3) is 11.1 Å². The molecule has 0 aliphatic carbocycles. The highest BCUT2D eigenvalue weighted by molar-refractivity contribution is 5.64. The van der Waals surface area contributed by atoms with Crippen LogP contribution in [0.4, 0.5) is 0 Å². The lowest BCUT2D eigenvalue weighted by molar-refractivity contribution is 0.305. The summed E-state index contributed by atoms with van der Waals surface area (Å²) in [5.41, 5.74) is 2.36. The van der Waals surface area contributed by atoms with E-state index in [-0.39, 0.29) is 0 Å². The van der Waals surface area contributed by atoms with Gasteiger partial charge in [-0.3, -0.25) is 0 Å². The van der Waals surface area contributed by atoms with Gasteiger partial charge in [-0.1, -0.05) is 43.2 Å². The van der Waals surface area contributed by atoms with Gasteiger partial charge in [0.05, 0.1) is 13.7 Å². The third-order valence-electron chi connectivity index (χ3n) is 3.85. The average molecular weight is 310 g/mol. The van der Waals surface area contributed by atoms with E-state index in [4.69, 9.17) is 9.47 Å². The molecule has 2 aromatic carbocycles. The predicted octanol–water partition coefficient (Wildman–Crippen LogP) is 5.88. The van der Waals surface area contributed by atoms with Crippen LogP contribution in [0.15, 0.2) is 61.2 Å². The number of ether oxygens (including phenoxy) is 2. The fraction of sp³-hybridized carbons (Fsp3) is 0.333. The van der Waals surface area contributed by atoms with E-state index in [1.54, 1.807) is 7.11 Å². The van der Waals surface area contributed by atoms with E-state index >= 15 is 0 Å². The van der Waals surface area contributed by atoms with Crippen molar-refractivity contribution >= 4 is 0 Å². The van der Waals surface area contributed by atoms with Crippen LogP contribution in [0.3, 0.4) is 0 Å². The zero-order valence-corrected chi connectivity index (χ0v) is 14.0. The van der Waals surface area contributed by atoms with Crippen molar-refractivity contribution in [3.8, 4) is 22.6 Å². The molecule has 0 atom stereocenters. The molecule has 0 radical (unpaired) electrons. The number of allylic oxidation sites excluding steroid dienone is 1. The Morgan fingerprint density at radius 1 is 0.783 bits per heavy atom. The topological polar surface area (TPSA) is 18.5 Å². The molecule has 2 nitrogen and oxygen atoms in total. The first-order valence-electron chi connectivity index (χ1n) is 8.31. The molecule has 0 bridgehead atoms. The van der Waals surface area contributed by atoms with Gasteiger partial charge in [-0.05, 0) is 54.7 Å². The maximum atomic E-state index is 5.80. The smallest absolute Gasteiger partial charge is 0.119 e. The number of rotatable bonds is 10. The molecule has 0 aliphatic rings. The monoisotopic (exact) mass is 310 g/mol. The Morgan fingerprint density at radius 2 is 1.35 bits per heavy atom. The molecule has 0 aliphatic heterocycles. The van der Waals surface area contributed by atoms with Gasteiger partial charge in [-0.2, -0.15) is 0 Å². The van der Waals surface area contributed by atoms with Crippen LogP contribution in [0.1, 0.15) is 32.1 Å². The molecule has 0 spiro atoms.